The van der Waals surface area contributed by atoms with Gasteiger partial charge >= 0.3 is 23.9 Å². The van der Waals surface area contributed by atoms with Crippen LogP contribution in [0.25, 0.3) is 0 Å². The van der Waals surface area contributed by atoms with Crippen molar-refractivity contribution in [1.29, 1.82) is 0 Å². The summed E-state index contributed by atoms with van der Waals surface area (Å²) in [6.07, 6.45) is -2.82. The van der Waals surface area contributed by atoms with Gasteiger partial charge in [0.2, 0.25) is 6.10 Å². The third kappa shape index (κ3) is 4.01. The fourth-order valence-electron chi connectivity index (χ4n) is 1.12. The van der Waals surface area contributed by atoms with E-state index in [0.717, 1.165) is 0 Å². The first kappa shape index (κ1) is 13.9. The van der Waals surface area contributed by atoms with Gasteiger partial charge in [0, 0.05) is 6.42 Å². The van der Waals surface area contributed by atoms with Crippen molar-refractivity contribution < 1.29 is 38.8 Å². The van der Waals surface area contributed by atoms with E-state index >= 15 is 0 Å². The maximum absolute atomic E-state index is 11.2. The molecule has 0 bridgehead atoms. The molecular weight excluding hydrogens is 250 g/mol. The van der Waals surface area contributed by atoms with E-state index in [1.807, 2.05) is 0 Å². The largest absolute Gasteiger partial charge is 0.478 e. The molecule has 0 amide bonds. The minimum Gasteiger partial charge on any atom is -0.478 e. The van der Waals surface area contributed by atoms with Gasteiger partial charge in [0.1, 0.15) is 6.04 Å². The number of cyclic esters (lactones) is 1. The number of rotatable bonds is 1. The summed E-state index contributed by atoms with van der Waals surface area (Å²) in [4.78, 5) is 52.3. The van der Waals surface area contributed by atoms with Crippen LogP contribution in [0.5, 0.6) is 0 Å². The number of carboxylic acid groups (broad SMARTS) is 1. The van der Waals surface area contributed by atoms with E-state index in [-0.39, 0.29) is 12.8 Å². The molecule has 1 aliphatic rings. The molecule has 1 rings (SSSR count). The predicted molar refractivity (Wildman–Crippen MR) is 51.5 cm³/mol. The Morgan fingerprint density at radius 3 is 2.50 bits per heavy atom. The van der Waals surface area contributed by atoms with Crippen molar-refractivity contribution in [3.63, 3.8) is 0 Å². The first-order valence-electron chi connectivity index (χ1n) is 4.99. The van der Waals surface area contributed by atoms with Gasteiger partial charge in [-0.2, -0.15) is 0 Å². The van der Waals surface area contributed by atoms with Gasteiger partial charge in [0.25, 0.3) is 0 Å². The summed E-state index contributed by atoms with van der Waals surface area (Å²) in [5.74, 6) is -4.56. The summed E-state index contributed by atoms with van der Waals surface area (Å²) in [6, 6.07) is -1.16. The molecule has 1 fully saturated rings. The molecule has 0 spiro atoms. The molecule has 0 aliphatic carbocycles. The second-order valence-electron chi connectivity index (χ2n) is 3.52. The van der Waals surface area contributed by atoms with Crippen LogP contribution < -0.4 is 5.73 Å². The van der Waals surface area contributed by atoms with Crippen molar-refractivity contribution in [3.8, 4) is 0 Å². The normalized spacial score (nSPS) is 26.4. The quantitative estimate of drug-likeness (QED) is 0.425. The average Bonchev–Trinajstić information content (AvgIpc) is 2.32. The van der Waals surface area contributed by atoms with Crippen LogP contribution in [0.15, 0.2) is 0 Å². The zero-order chi connectivity index (χ0) is 13.7. The zero-order valence-corrected chi connectivity index (χ0v) is 9.16. The number of nitrogens with two attached hydrogens (primary N) is 1. The number of hydrogen-bond acceptors (Lipinski definition) is 8. The molecule has 0 aromatic heterocycles. The summed E-state index contributed by atoms with van der Waals surface area (Å²) < 4.78 is 4.54. The van der Waals surface area contributed by atoms with Gasteiger partial charge in [-0.1, -0.05) is 0 Å². The van der Waals surface area contributed by atoms with Crippen LogP contribution in [0.4, 0.5) is 0 Å². The van der Waals surface area contributed by atoms with Gasteiger partial charge in [0.15, 0.2) is 0 Å². The van der Waals surface area contributed by atoms with Crippen molar-refractivity contribution in [2.45, 2.75) is 31.4 Å². The van der Waals surface area contributed by atoms with Crippen molar-refractivity contribution in [3.05, 3.63) is 0 Å². The van der Waals surface area contributed by atoms with Crippen LogP contribution in [-0.2, 0) is 33.7 Å². The predicted octanol–water partition coefficient (Wildman–Crippen LogP) is -1.50. The molecule has 1 saturated heterocycles. The molecule has 0 aromatic rings. The van der Waals surface area contributed by atoms with Crippen LogP contribution in [0.2, 0.25) is 0 Å². The van der Waals surface area contributed by atoms with Crippen LogP contribution in [0.3, 0.4) is 0 Å². The fourth-order valence-corrected chi connectivity index (χ4v) is 1.12. The molecular formula is C9H11NO8. The van der Waals surface area contributed by atoms with E-state index in [2.05, 4.69) is 14.5 Å². The number of hydrogen-bond donors (Lipinski definition) is 2. The molecule has 3 N–H and O–H groups in total. The SMILES string of the molecule is NC1CCC(=O)OC(C(=O)O)CC(=O)OOC1=O. The zero-order valence-electron chi connectivity index (χ0n) is 9.16. The molecule has 0 aromatic carbocycles. The molecule has 0 radical (unpaired) electrons. The summed E-state index contributed by atoms with van der Waals surface area (Å²) in [6.45, 7) is 0. The summed E-state index contributed by atoms with van der Waals surface area (Å²) in [7, 11) is 0. The lowest BCUT2D eigenvalue weighted by molar-refractivity contribution is -0.261. The number of esters is 1. The van der Waals surface area contributed by atoms with E-state index in [0.29, 0.717) is 0 Å². The molecule has 1 aliphatic heterocycles. The molecule has 100 valence electrons. The van der Waals surface area contributed by atoms with E-state index in [9.17, 15) is 19.2 Å². The van der Waals surface area contributed by atoms with Gasteiger partial charge in [-0.3, -0.25) is 4.79 Å². The van der Waals surface area contributed by atoms with Gasteiger partial charge < -0.3 is 15.6 Å². The van der Waals surface area contributed by atoms with Gasteiger partial charge in [-0.25, -0.2) is 24.2 Å². The highest BCUT2D eigenvalue weighted by Crippen LogP contribution is 2.08. The Hall–Kier alpha value is -2.16. The molecule has 9 nitrogen and oxygen atoms in total. The van der Waals surface area contributed by atoms with Gasteiger partial charge in [-0.15, -0.1) is 0 Å². The molecule has 0 saturated carbocycles. The summed E-state index contributed by atoms with van der Waals surface area (Å²) in [5, 5.41) is 8.71. The number of carboxylic acids is 1. The monoisotopic (exact) mass is 261 g/mol. The van der Waals surface area contributed by atoms with Gasteiger partial charge in [-0.05, 0) is 6.42 Å². The third-order valence-corrected chi connectivity index (χ3v) is 2.08. The lowest BCUT2D eigenvalue weighted by Crippen LogP contribution is -2.33. The molecule has 2 unspecified atom stereocenters. The van der Waals surface area contributed by atoms with E-state index in [1.54, 1.807) is 0 Å². The Balaban J connectivity index is 2.78. The Bertz CT molecular complexity index is 379. The highest BCUT2D eigenvalue weighted by atomic mass is 17.2. The first-order valence-corrected chi connectivity index (χ1v) is 4.99. The molecule has 1 heterocycles. The number of carbonyl (C=O) groups excluding carboxylic acids is 3. The van der Waals surface area contributed by atoms with E-state index in [1.165, 1.54) is 0 Å². The fraction of sp³-hybridized carbons (Fsp3) is 0.556. The third-order valence-electron chi connectivity index (χ3n) is 2.08. The Kier molecular flexibility index (Phi) is 4.60. The molecule has 9 heteroatoms. The van der Waals surface area contributed by atoms with Crippen LogP contribution >= 0.6 is 0 Å². The highest BCUT2D eigenvalue weighted by molar-refractivity contribution is 5.84. The van der Waals surface area contributed by atoms with Crippen LogP contribution in [0, 0.1) is 0 Å². The van der Waals surface area contributed by atoms with Crippen molar-refractivity contribution >= 4 is 23.9 Å². The maximum atomic E-state index is 11.2. The molecule has 18 heavy (non-hydrogen) atoms. The summed E-state index contributed by atoms with van der Waals surface area (Å²) >= 11 is 0. The number of ether oxygens (including phenoxy) is 1. The highest BCUT2D eigenvalue weighted by Gasteiger charge is 2.30. The average molecular weight is 261 g/mol. The lowest BCUT2D eigenvalue weighted by atomic mass is 10.2. The Labute approximate surface area is 101 Å². The number of aliphatic carboxylic acids is 1. The van der Waals surface area contributed by atoms with Gasteiger partial charge in [0.05, 0.1) is 6.42 Å². The lowest BCUT2D eigenvalue weighted by Gasteiger charge is -2.11. The minimum atomic E-state index is -1.68. The van der Waals surface area contributed by atoms with Crippen LogP contribution in [-0.4, -0.2) is 41.1 Å². The minimum absolute atomic E-state index is 0.110. The van der Waals surface area contributed by atoms with Crippen molar-refractivity contribution in [2.24, 2.45) is 5.73 Å². The van der Waals surface area contributed by atoms with Crippen molar-refractivity contribution in [1.82, 2.24) is 0 Å². The topological polar surface area (TPSA) is 142 Å². The van der Waals surface area contributed by atoms with E-state index in [4.69, 9.17) is 10.8 Å². The second-order valence-corrected chi connectivity index (χ2v) is 3.52. The van der Waals surface area contributed by atoms with Crippen molar-refractivity contribution in [2.75, 3.05) is 0 Å². The maximum Gasteiger partial charge on any atom is 0.372 e. The number of carbonyl (C=O) groups is 4. The second kappa shape index (κ2) is 5.96. The molecule has 2 atom stereocenters. The van der Waals surface area contributed by atoms with Crippen LogP contribution in [0.1, 0.15) is 19.3 Å². The summed E-state index contributed by atoms with van der Waals surface area (Å²) in [5.41, 5.74) is 5.33. The Morgan fingerprint density at radius 2 is 1.89 bits per heavy atom. The Morgan fingerprint density at radius 1 is 1.22 bits per heavy atom. The van der Waals surface area contributed by atoms with E-state index < -0.39 is 42.4 Å². The first-order chi connectivity index (χ1) is 8.40. The standard InChI is InChI=1S/C9H11NO8/c10-4-1-2-6(11)16-5(8(13)14)3-7(12)17-18-9(4)15/h4-5H,1-3,10H2,(H,13,14). The smallest absolute Gasteiger partial charge is 0.372 e.